The van der Waals surface area contributed by atoms with Gasteiger partial charge in [0.1, 0.15) is 6.10 Å². The van der Waals surface area contributed by atoms with Crippen molar-refractivity contribution in [2.45, 2.75) is 63.1 Å². The largest absolute Gasteiger partial charge is 0.368 e. The van der Waals surface area contributed by atoms with Gasteiger partial charge in [-0.05, 0) is 43.4 Å². The first kappa shape index (κ1) is 20.7. The summed E-state index contributed by atoms with van der Waals surface area (Å²) in [6.07, 6.45) is 5.99. The van der Waals surface area contributed by atoms with Crippen LogP contribution in [0.5, 0.6) is 0 Å². The van der Waals surface area contributed by atoms with Crippen LogP contribution in [0.3, 0.4) is 0 Å². The van der Waals surface area contributed by atoms with E-state index in [9.17, 15) is 9.59 Å². The van der Waals surface area contributed by atoms with E-state index in [0.29, 0.717) is 18.8 Å². The molecule has 4 N–H and O–H groups in total. The van der Waals surface area contributed by atoms with E-state index in [1.807, 2.05) is 24.3 Å². The molecule has 6 nitrogen and oxygen atoms in total. The number of nitrogens with two attached hydrogens (primary N) is 1. The highest BCUT2D eigenvalue weighted by atomic mass is 35.5. The fourth-order valence-corrected chi connectivity index (χ4v) is 3.53. The summed E-state index contributed by atoms with van der Waals surface area (Å²) in [5, 5.41) is 5.82. The quantitative estimate of drug-likeness (QED) is 0.730. The maximum absolute atomic E-state index is 12.4. The Hall–Kier alpha value is -1.63. The molecule has 3 rings (SSSR count). The van der Waals surface area contributed by atoms with Crippen LogP contribution in [0.4, 0.5) is 5.69 Å². The predicted octanol–water partition coefficient (Wildman–Crippen LogP) is 2.50. The van der Waals surface area contributed by atoms with Gasteiger partial charge in [0.15, 0.2) is 0 Å². The second-order valence-corrected chi connectivity index (χ2v) is 7.09. The summed E-state index contributed by atoms with van der Waals surface area (Å²) in [5.41, 5.74) is 7.16. The van der Waals surface area contributed by atoms with Crippen LogP contribution in [0.25, 0.3) is 0 Å². The molecule has 1 heterocycles. The summed E-state index contributed by atoms with van der Waals surface area (Å²) >= 11 is 0. The van der Waals surface area contributed by atoms with Crippen LogP contribution in [-0.4, -0.2) is 30.1 Å². The van der Waals surface area contributed by atoms with Gasteiger partial charge in [0.25, 0.3) is 5.91 Å². The van der Waals surface area contributed by atoms with Gasteiger partial charge in [-0.1, -0.05) is 31.4 Å². The maximum Gasteiger partial charge on any atom is 0.253 e. The molecule has 0 bridgehead atoms. The summed E-state index contributed by atoms with van der Waals surface area (Å²) in [7, 11) is 0. The number of rotatable bonds is 5. The number of hydrogen-bond donors (Lipinski definition) is 3. The van der Waals surface area contributed by atoms with Crippen molar-refractivity contribution in [1.29, 1.82) is 0 Å². The monoisotopic (exact) mass is 381 g/mol. The molecule has 1 aliphatic heterocycles. The normalized spacial score (nSPS) is 21.5. The molecule has 2 fully saturated rings. The van der Waals surface area contributed by atoms with E-state index in [2.05, 4.69) is 10.6 Å². The molecule has 7 heteroatoms. The zero-order chi connectivity index (χ0) is 17.7. The van der Waals surface area contributed by atoms with Gasteiger partial charge < -0.3 is 21.1 Å². The zero-order valence-corrected chi connectivity index (χ0v) is 15.8. The lowest BCUT2D eigenvalue weighted by atomic mass is 9.82. The molecule has 1 atom stereocenters. The van der Waals surface area contributed by atoms with Gasteiger partial charge in [-0.25, -0.2) is 0 Å². The molecular formula is C19H28ClN3O3. The minimum absolute atomic E-state index is 0. The lowest BCUT2D eigenvalue weighted by Gasteiger charge is -2.31. The fourth-order valence-electron chi connectivity index (χ4n) is 3.53. The van der Waals surface area contributed by atoms with Gasteiger partial charge in [0.05, 0.1) is 5.54 Å². The summed E-state index contributed by atoms with van der Waals surface area (Å²) in [4.78, 5) is 24.5. The molecule has 2 aliphatic rings. The van der Waals surface area contributed by atoms with E-state index in [4.69, 9.17) is 10.5 Å². The van der Waals surface area contributed by atoms with Gasteiger partial charge in [-0.3, -0.25) is 9.59 Å². The van der Waals surface area contributed by atoms with Crippen molar-refractivity contribution in [3.8, 4) is 0 Å². The zero-order valence-electron chi connectivity index (χ0n) is 15.0. The highest BCUT2D eigenvalue weighted by molar-refractivity contribution is 5.94. The standard InChI is InChI=1S/C19H27N3O3.ClH/c20-19(9-2-1-3-10-19)18(24)21-13-14-6-4-7-15(12-14)22-17(23)16-8-5-11-25-16;/h4,6-7,12,16H,1-3,5,8-11,13,20H2,(H,21,24)(H,22,23);1H. The molecule has 0 aromatic heterocycles. The second-order valence-electron chi connectivity index (χ2n) is 7.09. The van der Waals surface area contributed by atoms with E-state index in [1.165, 1.54) is 0 Å². The van der Waals surface area contributed by atoms with Crippen molar-refractivity contribution in [2.24, 2.45) is 5.73 Å². The van der Waals surface area contributed by atoms with Crippen LogP contribution in [-0.2, 0) is 20.9 Å². The van der Waals surface area contributed by atoms with Gasteiger partial charge in [-0.2, -0.15) is 0 Å². The van der Waals surface area contributed by atoms with Crippen LogP contribution in [0.2, 0.25) is 0 Å². The van der Waals surface area contributed by atoms with E-state index >= 15 is 0 Å². The number of anilines is 1. The first-order chi connectivity index (χ1) is 12.1. The fraction of sp³-hybridized carbons (Fsp3) is 0.579. The third-order valence-corrected chi connectivity index (χ3v) is 5.07. The molecule has 1 aromatic carbocycles. The molecule has 1 aliphatic carbocycles. The highest BCUT2D eigenvalue weighted by Gasteiger charge is 2.34. The summed E-state index contributed by atoms with van der Waals surface area (Å²) < 4.78 is 5.39. The molecule has 26 heavy (non-hydrogen) atoms. The summed E-state index contributed by atoms with van der Waals surface area (Å²) in [5.74, 6) is -0.192. The number of carbonyl (C=O) groups excluding carboxylic acids is 2. The van der Waals surface area contributed by atoms with E-state index in [-0.39, 0.29) is 30.3 Å². The average molecular weight is 382 g/mol. The smallest absolute Gasteiger partial charge is 0.253 e. The Labute approximate surface area is 160 Å². The molecular weight excluding hydrogens is 354 g/mol. The van der Waals surface area contributed by atoms with Crippen molar-refractivity contribution >= 4 is 29.9 Å². The number of halogens is 1. The predicted molar refractivity (Wildman–Crippen MR) is 103 cm³/mol. The second kappa shape index (κ2) is 9.35. The summed E-state index contributed by atoms with van der Waals surface area (Å²) in [6, 6.07) is 7.50. The van der Waals surface area contributed by atoms with Crippen molar-refractivity contribution in [3.05, 3.63) is 29.8 Å². The maximum atomic E-state index is 12.4. The lowest BCUT2D eigenvalue weighted by molar-refractivity contribution is -0.127. The third kappa shape index (κ3) is 5.19. The minimum Gasteiger partial charge on any atom is -0.368 e. The van der Waals surface area contributed by atoms with Crippen molar-refractivity contribution in [3.63, 3.8) is 0 Å². The van der Waals surface area contributed by atoms with E-state index < -0.39 is 5.54 Å². The summed E-state index contributed by atoms with van der Waals surface area (Å²) in [6.45, 7) is 1.05. The number of carbonyl (C=O) groups is 2. The number of ether oxygens (including phenoxy) is 1. The highest BCUT2D eigenvalue weighted by Crippen LogP contribution is 2.26. The van der Waals surface area contributed by atoms with Crippen LogP contribution >= 0.6 is 12.4 Å². The Balaban J connectivity index is 0.00000243. The molecule has 2 amide bonds. The molecule has 1 saturated carbocycles. The van der Waals surface area contributed by atoms with Gasteiger partial charge in [0.2, 0.25) is 5.91 Å². The van der Waals surface area contributed by atoms with Crippen molar-refractivity contribution < 1.29 is 14.3 Å². The van der Waals surface area contributed by atoms with Crippen molar-refractivity contribution in [2.75, 3.05) is 11.9 Å². The van der Waals surface area contributed by atoms with Crippen LogP contribution in [0.1, 0.15) is 50.5 Å². The molecule has 144 valence electrons. The minimum atomic E-state index is -0.732. The van der Waals surface area contributed by atoms with Crippen LogP contribution in [0.15, 0.2) is 24.3 Å². The number of benzene rings is 1. The Bertz CT molecular complexity index is 626. The topological polar surface area (TPSA) is 93.5 Å². The Morgan fingerprint density at radius 3 is 2.65 bits per heavy atom. The van der Waals surface area contributed by atoms with Gasteiger partial charge in [0, 0.05) is 18.8 Å². The van der Waals surface area contributed by atoms with Crippen LogP contribution in [0, 0.1) is 0 Å². The Kier molecular flexibility index (Phi) is 7.43. The molecule has 0 radical (unpaired) electrons. The average Bonchev–Trinajstić information content (AvgIpc) is 3.15. The van der Waals surface area contributed by atoms with Crippen LogP contribution < -0.4 is 16.4 Å². The molecule has 1 saturated heterocycles. The van der Waals surface area contributed by atoms with E-state index in [0.717, 1.165) is 50.5 Å². The molecule has 1 unspecified atom stereocenters. The Morgan fingerprint density at radius 2 is 1.96 bits per heavy atom. The molecule has 0 spiro atoms. The number of hydrogen-bond acceptors (Lipinski definition) is 4. The first-order valence-electron chi connectivity index (χ1n) is 9.15. The SMILES string of the molecule is Cl.NC1(C(=O)NCc2cccc(NC(=O)C3CCCO3)c2)CCCCC1. The van der Waals surface area contributed by atoms with Gasteiger partial charge >= 0.3 is 0 Å². The third-order valence-electron chi connectivity index (χ3n) is 5.07. The number of amides is 2. The molecule has 1 aromatic rings. The number of nitrogens with one attached hydrogen (secondary N) is 2. The Morgan fingerprint density at radius 1 is 1.19 bits per heavy atom. The van der Waals surface area contributed by atoms with Gasteiger partial charge in [-0.15, -0.1) is 12.4 Å². The van der Waals surface area contributed by atoms with Crippen molar-refractivity contribution in [1.82, 2.24) is 5.32 Å². The first-order valence-corrected chi connectivity index (χ1v) is 9.15. The van der Waals surface area contributed by atoms with E-state index in [1.54, 1.807) is 0 Å². The lowest BCUT2D eigenvalue weighted by Crippen LogP contribution is -2.54.